The Morgan fingerprint density at radius 1 is 1.08 bits per heavy atom. The van der Waals surface area contributed by atoms with Gasteiger partial charge in [0, 0.05) is 6.92 Å². The molecule has 0 radical (unpaired) electrons. The number of Topliss-reactive ketones (excluding diaryl/α,β-unsaturated/α-hetero) is 1. The molecule has 0 amide bonds. The fourth-order valence-electron chi connectivity index (χ4n) is 0.338. The number of carbonyl (C=O) groups excluding carboxylic acids is 3. The Balaban J connectivity index is 3.88. The maximum atomic E-state index is 10.8. The molecule has 0 fully saturated rings. The molecule has 0 aromatic carbocycles. The maximum absolute atomic E-state index is 10.8. The minimum Gasteiger partial charge on any atom is -0.299 e. The molecule has 0 heterocycles. The van der Waals surface area contributed by atoms with E-state index in [1.165, 1.54) is 13.8 Å². The Morgan fingerprint density at radius 3 is 1.92 bits per heavy atom. The predicted molar refractivity (Wildman–Crippen MR) is 37.7 cm³/mol. The smallest absolute Gasteiger partial charge is 0.299 e. The van der Waals surface area contributed by atoms with Crippen molar-refractivity contribution in [1.29, 1.82) is 0 Å². The zero-order valence-electron chi connectivity index (χ0n) is 7.12. The van der Waals surface area contributed by atoms with Crippen LogP contribution in [-0.2, 0) is 24.2 Å². The van der Waals surface area contributed by atoms with Crippen LogP contribution < -0.4 is 0 Å². The van der Waals surface area contributed by atoms with Crippen LogP contribution in [0.15, 0.2) is 0 Å². The first kappa shape index (κ1) is 10.6. The third-order valence-electron chi connectivity index (χ3n) is 1.20. The van der Waals surface area contributed by atoms with Gasteiger partial charge in [0.05, 0.1) is 0 Å². The van der Waals surface area contributed by atoms with E-state index in [0.29, 0.717) is 0 Å². The summed E-state index contributed by atoms with van der Waals surface area (Å²) in [6, 6.07) is 0. The molecule has 0 aliphatic heterocycles. The highest BCUT2D eigenvalue weighted by Gasteiger charge is 2.21. The SMILES string of the molecule is CC(=O)OOC(=O)C(C)C(C)=O. The van der Waals surface area contributed by atoms with E-state index in [0.717, 1.165) is 6.92 Å². The summed E-state index contributed by atoms with van der Waals surface area (Å²) in [5.74, 6) is -2.84. The first-order valence-electron chi connectivity index (χ1n) is 3.34. The molecule has 1 unspecified atom stereocenters. The van der Waals surface area contributed by atoms with Crippen LogP contribution >= 0.6 is 0 Å². The van der Waals surface area contributed by atoms with Gasteiger partial charge in [0.1, 0.15) is 11.7 Å². The number of hydrogen-bond acceptors (Lipinski definition) is 5. The average molecular weight is 174 g/mol. The van der Waals surface area contributed by atoms with Crippen molar-refractivity contribution >= 4 is 17.7 Å². The highest BCUT2D eigenvalue weighted by Crippen LogP contribution is 2.00. The fourth-order valence-corrected chi connectivity index (χ4v) is 0.338. The molecule has 0 rings (SSSR count). The van der Waals surface area contributed by atoms with Crippen LogP contribution in [0.3, 0.4) is 0 Å². The summed E-state index contributed by atoms with van der Waals surface area (Å²) in [7, 11) is 0. The number of rotatable bonds is 2. The molecule has 0 saturated heterocycles. The van der Waals surface area contributed by atoms with Crippen LogP contribution in [0.1, 0.15) is 20.8 Å². The first-order chi connectivity index (χ1) is 5.45. The molecule has 0 saturated carbocycles. The van der Waals surface area contributed by atoms with E-state index in [9.17, 15) is 14.4 Å². The predicted octanol–water partition coefficient (Wildman–Crippen LogP) is 0.233. The van der Waals surface area contributed by atoms with E-state index in [4.69, 9.17) is 0 Å². The highest BCUT2D eigenvalue weighted by atomic mass is 17.2. The summed E-state index contributed by atoms with van der Waals surface area (Å²) in [4.78, 5) is 39.5. The van der Waals surface area contributed by atoms with Crippen molar-refractivity contribution in [2.24, 2.45) is 5.92 Å². The molecular weight excluding hydrogens is 164 g/mol. The van der Waals surface area contributed by atoms with Crippen molar-refractivity contribution in [3.05, 3.63) is 0 Å². The summed E-state index contributed by atoms with van der Waals surface area (Å²) in [6.07, 6.45) is 0. The lowest BCUT2D eigenvalue weighted by Gasteiger charge is -2.04. The molecular formula is C7H10O5. The zero-order chi connectivity index (χ0) is 9.72. The fraction of sp³-hybridized carbons (Fsp3) is 0.571. The van der Waals surface area contributed by atoms with E-state index in [1.807, 2.05) is 0 Å². The normalized spacial score (nSPS) is 11.6. The van der Waals surface area contributed by atoms with E-state index < -0.39 is 17.9 Å². The summed E-state index contributed by atoms with van der Waals surface area (Å²) in [6.45, 7) is 3.71. The molecule has 0 aliphatic carbocycles. The van der Waals surface area contributed by atoms with Crippen LogP contribution in [0.5, 0.6) is 0 Å². The van der Waals surface area contributed by atoms with Crippen molar-refractivity contribution in [3.63, 3.8) is 0 Å². The Labute approximate surface area is 69.6 Å². The van der Waals surface area contributed by atoms with Crippen LogP contribution in [0.25, 0.3) is 0 Å². The second kappa shape index (κ2) is 4.48. The lowest BCUT2D eigenvalue weighted by molar-refractivity contribution is -0.259. The molecule has 0 aliphatic rings. The molecule has 0 aromatic heterocycles. The lowest BCUT2D eigenvalue weighted by Crippen LogP contribution is -2.22. The standard InChI is InChI=1S/C7H10O5/c1-4(5(2)8)7(10)12-11-6(3)9/h4H,1-3H3. The van der Waals surface area contributed by atoms with Crippen molar-refractivity contribution in [2.75, 3.05) is 0 Å². The third-order valence-corrected chi connectivity index (χ3v) is 1.20. The minimum atomic E-state index is -0.899. The Morgan fingerprint density at radius 2 is 1.58 bits per heavy atom. The summed E-state index contributed by atoms with van der Waals surface area (Å²) in [5.41, 5.74) is 0. The molecule has 0 N–H and O–H groups in total. The van der Waals surface area contributed by atoms with E-state index in [2.05, 4.69) is 9.78 Å². The number of carbonyl (C=O) groups is 3. The second-order valence-corrected chi connectivity index (χ2v) is 2.31. The van der Waals surface area contributed by atoms with Gasteiger partial charge in [-0.3, -0.25) is 4.79 Å². The number of ketones is 1. The minimum absolute atomic E-state index is 0.341. The molecule has 68 valence electrons. The summed E-state index contributed by atoms with van der Waals surface area (Å²) < 4.78 is 0. The van der Waals surface area contributed by atoms with Crippen molar-refractivity contribution in [1.82, 2.24) is 0 Å². The van der Waals surface area contributed by atoms with Gasteiger partial charge in [-0.25, -0.2) is 19.4 Å². The Kier molecular flexibility index (Phi) is 3.96. The van der Waals surface area contributed by atoms with Crippen molar-refractivity contribution < 1.29 is 24.2 Å². The molecule has 5 nitrogen and oxygen atoms in total. The largest absolute Gasteiger partial charge is 0.365 e. The van der Waals surface area contributed by atoms with Gasteiger partial charge in [-0.1, -0.05) is 0 Å². The van der Waals surface area contributed by atoms with Gasteiger partial charge in [-0.15, -0.1) is 0 Å². The molecule has 5 heteroatoms. The molecule has 1 atom stereocenters. The van der Waals surface area contributed by atoms with E-state index in [1.54, 1.807) is 0 Å². The van der Waals surface area contributed by atoms with Gasteiger partial charge >= 0.3 is 11.9 Å². The zero-order valence-corrected chi connectivity index (χ0v) is 7.12. The van der Waals surface area contributed by atoms with Crippen LogP contribution in [0, 0.1) is 5.92 Å². The third kappa shape index (κ3) is 3.70. The van der Waals surface area contributed by atoms with Gasteiger partial charge in [-0.2, -0.15) is 0 Å². The second-order valence-electron chi connectivity index (χ2n) is 2.31. The van der Waals surface area contributed by atoms with Gasteiger partial charge in [-0.05, 0) is 13.8 Å². The highest BCUT2D eigenvalue weighted by molar-refractivity contribution is 5.97. The lowest BCUT2D eigenvalue weighted by atomic mass is 10.1. The first-order valence-corrected chi connectivity index (χ1v) is 3.34. The topological polar surface area (TPSA) is 69.7 Å². The van der Waals surface area contributed by atoms with Gasteiger partial charge in [0.2, 0.25) is 0 Å². The Hall–Kier alpha value is -1.39. The molecule has 0 spiro atoms. The van der Waals surface area contributed by atoms with Crippen LogP contribution in [0.2, 0.25) is 0 Å². The average Bonchev–Trinajstić information content (AvgIpc) is 1.98. The van der Waals surface area contributed by atoms with Gasteiger partial charge in [0.15, 0.2) is 0 Å². The summed E-state index contributed by atoms with van der Waals surface area (Å²) >= 11 is 0. The van der Waals surface area contributed by atoms with Crippen molar-refractivity contribution in [3.8, 4) is 0 Å². The molecule has 12 heavy (non-hydrogen) atoms. The Bertz CT molecular complexity index is 208. The van der Waals surface area contributed by atoms with Crippen LogP contribution in [-0.4, -0.2) is 17.7 Å². The molecule has 0 bridgehead atoms. The van der Waals surface area contributed by atoms with Crippen LogP contribution in [0.4, 0.5) is 0 Å². The van der Waals surface area contributed by atoms with Gasteiger partial charge < -0.3 is 0 Å². The molecule has 0 aromatic rings. The number of hydrogen-bond donors (Lipinski definition) is 0. The summed E-state index contributed by atoms with van der Waals surface area (Å²) in [5, 5.41) is 0. The monoisotopic (exact) mass is 174 g/mol. The quantitative estimate of drug-likeness (QED) is 0.340. The maximum Gasteiger partial charge on any atom is 0.365 e. The van der Waals surface area contributed by atoms with E-state index in [-0.39, 0.29) is 5.78 Å². The van der Waals surface area contributed by atoms with Crippen molar-refractivity contribution in [2.45, 2.75) is 20.8 Å². The van der Waals surface area contributed by atoms with E-state index >= 15 is 0 Å². The van der Waals surface area contributed by atoms with Gasteiger partial charge in [0.25, 0.3) is 0 Å².